The van der Waals surface area contributed by atoms with Crippen LogP contribution in [-0.2, 0) is 0 Å². The number of piperidine rings is 1. The van der Waals surface area contributed by atoms with E-state index in [1.54, 1.807) is 0 Å². The van der Waals surface area contributed by atoms with E-state index < -0.39 is 0 Å². The lowest BCUT2D eigenvalue weighted by Crippen LogP contribution is -2.42. The summed E-state index contributed by atoms with van der Waals surface area (Å²) in [5, 5.41) is 0. The van der Waals surface area contributed by atoms with Crippen molar-refractivity contribution in [2.75, 3.05) is 11.4 Å². The number of nitrogens with zero attached hydrogens (tertiary/aromatic N) is 2. The number of aromatic nitrogens is 1. The van der Waals surface area contributed by atoms with Gasteiger partial charge in [0.2, 0.25) is 0 Å². The monoisotopic (exact) mass is 268 g/mol. The van der Waals surface area contributed by atoms with E-state index in [9.17, 15) is 0 Å². The fourth-order valence-electron chi connectivity index (χ4n) is 2.22. The van der Waals surface area contributed by atoms with Gasteiger partial charge in [-0.05, 0) is 53.7 Å². The normalized spacial score (nSPS) is 26.7. The van der Waals surface area contributed by atoms with Crippen molar-refractivity contribution in [2.45, 2.75) is 32.7 Å². The zero-order valence-electron chi connectivity index (χ0n) is 9.28. The van der Waals surface area contributed by atoms with Gasteiger partial charge in [0.25, 0.3) is 0 Å². The first-order valence-corrected chi connectivity index (χ1v) is 6.37. The van der Waals surface area contributed by atoms with E-state index in [0.717, 1.165) is 22.9 Å². The minimum atomic E-state index is 0.598. The second kappa shape index (κ2) is 4.52. The van der Waals surface area contributed by atoms with Crippen LogP contribution in [0.5, 0.6) is 0 Å². The summed E-state index contributed by atoms with van der Waals surface area (Å²) in [6, 6.07) is 6.72. The Kier molecular flexibility index (Phi) is 3.29. The van der Waals surface area contributed by atoms with Crippen molar-refractivity contribution in [2.24, 2.45) is 5.92 Å². The largest absolute Gasteiger partial charge is 0.354 e. The minimum absolute atomic E-state index is 0.598. The number of rotatable bonds is 1. The van der Waals surface area contributed by atoms with E-state index in [-0.39, 0.29) is 0 Å². The number of pyridine rings is 1. The SMILES string of the molecule is CC1CCCN(c2cccc(Br)n2)C1C. The van der Waals surface area contributed by atoms with Crippen molar-refractivity contribution in [1.29, 1.82) is 0 Å². The van der Waals surface area contributed by atoms with Crippen LogP contribution >= 0.6 is 15.9 Å². The van der Waals surface area contributed by atoms with E-state index >= 15 is 0 Å². The Hall–Kier alpha value is -0.570. The summed E-state index contributed by atoms with van der Waals surface area (Å²) in [5.74, 6) is 1.86. The first-order valence-electron chi connectivity index (χ1n) is 5.57. The van der Waals surface area contributed by atoms with Crippen LogP contribution in [0.2, 0.25) is 0 Å². The fraction of sp³-hybridized carbons (Fsp3) is 0.583. The summed E-state index contributed by atoms with van der Waals surface area (Å²) < 4.78 is 0.922. The van der Waals surface area contributed by atoms with Crippen LogP contribution in [0.15, 0.2) is 22.8 Å². The Morgan fingerprint density at radius 2 is 2.20 bits per heavy atom. The molecule has 15 heavy (non-hydrogen) atoms. The number of halogens is 1. The van der Waals surface area contributed by atoms with E-state index in [0.29, 0.717) is 6.04 Å². The Morgan fingerprint density at radius 3 is 2.93 bits per heavy atom. The molecule has 0 aliphatic carbocycles. The average Bonchev–Trinajstić information content (AvgIpc) is 2.22. The molecule has 0 aromatic carbocycles. The molecule has 3 heteroatoms. The first kappa shape index (κ1) is 10.9. The lowest BCUT2D eigenvalue weighted by Gasteiger charge is -2.38. The molecule has 0 radical (unpaired) electrons. The summed E-state index contributed by atoms with van der Waals surface area (Å²) in [4.78, 5) is 6.94. The lowest BCUT2D eigenvalue weighted by molar-refractivity contribution is 0.361. The molecule has 0 spiro atoms. The van der Waals surface area contributed by atoms with Gasteiger partial charge in [-0.3, -0.25) is 0 Å². The van der Waals surface area contributed by atoms with Crippen molar-refractivity contribution >= 4 is 21.7 Å². The van der Waals surface area contributed by atoms with Gasteiger partial charge < -0.3 is 4.90 Å². The van der Waals surface area contributed by atoms with Crippen LogP contribution in [0.4, 0.5) is 5.82 Å². The zero-order valence-corrected chi connectivity index (χ0v) is 10.9. The van der Waals surface area contributed by atoms with Gasteiger partial charge in [-0.25, -0.2) is 4.98 Å². The smallest absolute Gasteiger partial charge is 0.130 e. The predicted molar refractivity (Wildman–Crippen MR) is 67.1 cm³/mol. The highest BCUT2D eigenvalue weighted by Gasteiger charge is 2.25. The number of anilines is 1. The first-order chi connectivity index (χ1) is 7.18. The van der Waals surface area contributed by atoms with Crippen LogP contribution in [0.3, 0.4) is 0 Å². The van der Waals surface area contributed by atoms with Crippen molar-refractivity contribution in [1.82, 2.24) is 4.98 Å². The quantitative estimate of drug-likeness (QED) is 0.726. The third-order valence-corrected chi connectivity index (χ3v) is 3.81. The van der Waals surface area contributed by atoms with Crippen molar-refractivity contribution in [3.8, 4) is 0 Å². The molecule has 1 aromatic heterocycles. The minimum Gasteiger partial charge on any atom is -0.354 e. The highest BCUT2D eigenvalue weighted by molar-refractivity contribution is 9.10. The predicted octanol–water partition coefficient (Wildman–Crippen LogP) is 3.47. The summed E-state index contributed by atoms with van der Waals surface area (Å²) in [6.45, 7) is 5.76. The number of hydrogen-bond acceptors (Lipinski definition) is 2. The van der Waals surface area contributed by atoms with E-state index in [4.69, 9.17) is 0 Å². The van der Waals surface area contributed by atoms with E-state index in [1.165, 1.54) is 12.8 Å². The van der Waals surface area contributed by atoms with Crippen LogP contribution in [0.25, 0.3) is 0 Å². The summed E-state index contributed by atoms with van der Waals surface area (Å²) >= 11 is 3.43. The van der Waals surface area contributed by atoms with Gasteiger partial charge in [-0.2, -0.15) is 0 Å². The second-order valence-corrected chi connectivity index (χ2v) is 5.18. The number of hydrogen-bond donors (Lipinski definition) is 0. The van der Waals surface area contributed by atoms with Crippen LogP contribution < -0.4 is 4.90 Å². The van der Waals surface area contributed by atoms with Gasteiger partial charge in [0.05, 0.1) is 0 Å². The molecule has 1 fully saturated rings. The van der Waals surface area contributed by atoms with Gasteiger partial charge in [0, 0.05) is 12.6 Å². The van der Waals surface area contributed by atoms with Crippen molar-refractivity contribution in [3.63, 3.8) is 0 Å². The summed E-state index contributed by atoms with van der Waals surface area (Å²) in [6.07, 6.45) is 2.62. The van der Waals surface area contributed by atoms with Crippen LogP contribution in [0.1, 0.15) is 26.7 Å². The fourth-order valence-corrected chi connectivity index (χ4v) is 2.55. The molecule has 2 unspecified atom stereocenters. The van der Waals surface area contributed by atoms with E-state index in [1.807, 2.05) is 6.07 Å². The zero-order chi connectivity index (χ0) is 10.8. The topological polar surface area (TPSA) is 16.1 Å². The standard InChI is InChI=1S/C12H17BrN2/c1-9-5-4-8-15(10(9)2)12-7-3-6-11(13)14-12/h3,6-7,9-10H,4-5,8H2,1-2H3. The molecule has 1 aromatic rings. The van der Waals surface area contributed by atoms with E-state index in [2.05, 4.69) is 51.8 Å². The molecule has 0 amide bonds. The molecule has 0 bridgehead atoms. The summed E-state index contributed by atoms with van der Waals surface area (Å²) in [7, 11) is 0. The highest BCUT2D eigenvalue weighted by Crippen LogP contribution is 2.27. The average molecular weight is 269 g/mol. The van der Waals surface area contributed by atoms with Gasteiger partial charge in [-0.15, -0.1) is 0 Å². The molecule has 2 heterocycles. The maximum Gasteiger partial charge on any atom is 0.130 e. The van der Waals surface area contributed by atoms with Gasteiger partial charge in [0.1, 0.15) is 10.4 Å². The maximum atomic E-state index is 4.52. The Labute approximate surface area is 99.8 Å². The molecule has 82 valence electrons. The molecule has 1 aliphatic rings. The third-order valence-electron chi connectivity index (χ3n) is 3.37. The second-order valence-electron chi connectivity index (χ2n) is 4.37. The highest BCUT2D eigenvalue weighted by atomic mass is 79.9. The van der Waals surface area contributed by atoms with Crippen LogP contribution in [0, 0.1) is 5.92 Å². The van der Waals surface area contributed by atoms with Crippen LogP contribution in [-0.4, -0.2) is 17.6 Å². The Morgan fingerprint density at radius 1 is 1.40 bits per heavy atom. The molecule has 1 saturated heterocycles. The molecule has 2 rings (SSSR count). The Bertz CT molecular complexity index is 340. The Balaban J connectivity index is 2.22. The molecule has 0 saturated carbocycles. The van der Waals surface area contributed by atoms with Gasteiger partial charge in [0.15, 0.2) is 0 Å². The molecular formula is C12H17BrN2. The molecular weight excluding hydrogens is 252 g/mol. The van der Waals surface area contributed by atoms with Crippen molar-refractivity contribution in [3.05, 3.63) is 22.8 Å². The molecule has 1 aliphatic heterocycles. The van der Waals surface area contributed by atoms with Gasteiger partial charge in [-0.1, -0.05) is 13.0 Å². The summed E-state index contributed by atoms with van der Waals surface area (Å²) in [5.41, 5.74) is 0. The molecule has 0 N–H and O–H groups in total. The third kappa shape index (κ3) is 2.33. The maximum absolute atomic E-state index is 4.52. The molecule has 2 atom stereocenters. The van der Waals surface area contributed by atoms with Gasteiger partial charge >= 0.3 is 0 Å². The lowest BCUT2D eigenvalue weighted by atomic mass is 9.92. The van der Waals surface area contributed by atoms with Crippen molar-refractivity contribution < 1.29 is 0 Å². The molecule has 2 nitrogen and oxygen atoms in total.